The van der Waals surface area contributed by atoms with E-state index in [1.165, 1.54) is 25.7 Å². The Balaban J connectivity index is 1.92. The van der Waals surface area contributed by atoms with Gasteiger partial charge in [0.1, 0.15) is 5.82 Å². The van der Waals surface area contributed by atoms with Crippen LogP contribution in [0.5, 0.6) is 0 Å². The molecule has 1 aliphatic carbocycles. The zero-order valence-electron chi connectivity index (χ0n) is 10.6. The van der Waals surface area contributed by atoms with E-state index in [1.807, 2.05) is 36.1 Å². The van der Waals surface area contributed by atoms with Gasteiger partial charge in [-0.2, -0.15) is 0 Å². The highest BCUT2D eigenvalue weighted by atomic mass is 15.1. The Morgan fingerprint density at radius 2 is 2.06 bits per heavy atom. The molecule has 2 heterocycles. The van der Waals surface area contributed by atoms with Crippen molar-refractivity contribution in [3.05, 3.63) is 36.5 Å². The minimum atomic E-state index is 0.594. The third kappa shape index (κ3) is 2.10. The van der Waals surface area contributed by atoms with Gasteiger partial charge in [-0.3, -0.25) is 4.57 Å². The summed E-state index contributed by atoms with van der Waals surface area (Å²) in [4.78, 5) is 8.75. The molecule has 1 fully saturated rings. The van der Waals surface area contributed by atoms with Gasteiger partial charge in [0.2, 0.25) is 0 Å². The minimum Gasteiger partial charge on any atom is -0.379 e. The Bertz CT molecular complexity index is 526. The van der Waals surface area contributed by atoms with Gasteiger partial charge in [-0.1, -0.05) is 12.8 Å². The summed E-state index contributed by atoms with van der Waals surface area (Å²) in [5.41, 5.74) is 1.10. The Labute approximate surface area is 107 Å². The van der Waals surface area contributed by atoms with Crippen LogP contribution < -0.4 is 5.32 Å². The molecule has 0 bridgehead atoms. The molecule has 4 heteroatoms. The summed E-state index contributed by atoms with van der Waals surface area (Å²) in [6, 6.07) is 4.67. The zero-order valence-corrected chi connectivity index (χ0v) is 10.6. The van der Waals surface area contributed by atoms with Crippen molar-refractivity contribution in [3.8, 4) is 5.82 Å². The molecule has 94 valence electrons. The molecule has 4 nitrogen and oxygen atoms in total. The van der Waals surface area contributed by atoms with E-state index in [0.29, 0.717) is 6.04 Å². The van der Waals surface area contributed by atoms with E-state index in [1.54, 1.807) is 0 Å². The van der Waals surface area contributed by atoms with E-state index in [-0.39, 0.29) is 0 Å². The third-order valence-electron chi connectivity index (χ3n) is 3.56. The van der Waals surface area contributed by atoms with E-state index in [2.05, 4.69) is 21.4 Å². The maximum atomic E-state index is 4.48. The average molecular weight is 242 g/mol. The summed E-state index contributed by atoms with van der Waals surface area (Å²) in [5.74, 6) is 1.91. The van der Waals surface area contributed by atoms with Gasteiger partial charge >= 0.3 is 0 Å². The van der Waals surface area contributed by atoms with Crippen LogP contribution in [0.1, 0.15) is 31.5 Å². The van der Waals surface area contributed by atoms with Crippen molar-refractivity contribution in [2.24, 2.45) is 0 Å². The van der Waals surface area contributed by atoms with Crippen LogP contribution >= 0.6 is 0 Å². The second-order valence-electron chi connectivity index (χ2n) is 4.84. The predicted molar refractivity (Wildman–Crippen MR) is 72.0 cm³/mol. The second kappa shape index (κ2) is 4.80. The van der Waals surface area contributed by atoms with Crippen molar-refractivity contribution in [1.82, 2.24) is 14.5 Å². The number of nitrogens with zero attached hydrogens (tertiary/aromatic N) is 3. The number of aryl methyl sites for hydroxylation is 1. The molecule has 0 unspecified atom stereocenters. The quantitative estimate of drug-likeness (QED) is 0.899. The summed E-state index contributed by atoms with van der Waals surface area (Å²) in [6.45, 7) is 1.99. The summed E-state index contributed by atoms with van der Waals surface area (Å²) in [7, 11) is 0. The van der Waals surface area contributed by atoms with Crippen molar-refractivity contribution in [3.63, 3.8) is 0 Å². The lowest BCUT2D eigenvalue weighted by Gasteiger charge is -2.17. The van der Waals surface area contributed by atoms with Crippen LogP contribution in [0.2, 0.25) is 0 Å². The van der Waals surface area contributed by atoms with Crippen LogP contribution in [0.4, 0.5) is 5.69 Å². The Morgan fingerprint density at radius 1 is 1.22 bits per heavy atom. The van der Waals surface area contributed by atoms with Gasteiger partial charge in [-0.25, -0.2) is 9.97 Å². The molecule has 0 atom stereocenters. The topological polar surface area (TPSA) is 42.7 Å². The molecule has 0 spiro atoms. The number of hydrogen-bond acceptors (Lipinski definition) is 3. The number of nitrogens with one attached hydrogen (secondary N) is 1. The molecular formula is C14H18N4. The Kier molecular flexibility index (Phi) is 3.00. The molecule has 0 radical (unpaired) electrons. The third-order valence-corrected chi connectivity index (χ3v) is 3.56. The fraction of sp³-hybridized carbons (Fsp3) is 0.429. The molecule has 2 aromatic heterocycles. The van der Waals surface area contributed by atoms with Gasteiger partial charge in [0.15, 0.2) is 5.82 Å². The van der Waals surface area contributed by atoms with E-state index in [9.17, 15) is 0 Å². The smallest absolute Gasteiger partial charge is 0.161 e. The van der Waals surface area contributed by atoms with Crippen molar-refractivity contribution in [1.29, 1.82) is 0 Å². The van der Waals surface area contributed by atoms with Gasteiger partial charge < -0.3 is 5.32 Å². The van der Waals surface area contributed by atoms with Gasteiger partial charge in [-0.05, 0) is 31.9 Å². The Hall–Kier alpha value is -1.84. The number of imidazole rings is 1. The molecule has 18 heavy (non-hydrogen) atoms. The summed E-state index contributed by atoms with van der Waals surface area (Å²) >= 11 is 0. The highest BCUT2D eigenvalue weighted by molar-refractivity contribution is 5.57. The lowest BCUT2D eigenvalue weighted by atomic mass is 10.2. The summed E-state index contributed by atoms with van der Waals surface area (Å²) in [5, 5.41) is 3.61. The first-order chi connectivity index (χ1) is 8.84. The van der Waals surface area contributed by atoms with Crippen LogP contribution in [0.15, 0.2) is 30.7 Å². The fourth-order valence-corrected chi connectivity index (χ4v) is 2.59. The molecule has 0 aliphatic heterocycles. The number of rotatable bonds is 3. The minimum absolute atomic E-state index is 0.594. The van der Waals surface area contributed by atoms with E-state index in [0.717, 1.165) is 17.3 Å². The van der Waals surface area contributed by atoms with E-state index >= 15 is 0 Å². The first-order valence-electron chi connectivity index (χ1n) is 6.56. The van der Waals surface area contributed by atoms with Crippen LogP contribution in [-0.2, 0) is 0 Å². The molecule has 1 N–H and O–H groups in total. The fourth-order valence-electron chi connectivity index (χ4n) is 2.59. The van der Waals surface area contributed by atoms with Crippen LogP contribution in [0, 0.1) is 6.92 Å². The molecule has 1 saturated carbocycles. The van der Waals surface area contributed by atoms with E-state index < -0.39 is 0 Å². The van der Waals surface area contributed by atoms with Crippen molar-refractivity contribution in [2.45, 2.75) is 38.6 Å². The summed E-state index contributed by atoms with van der Waals surface area (Å²) < 4.78 is 2.03. The van der Waals surface area contributed by atoms with Crippen molar-refractivity contribution in [2.75, 3.05) is 5.32 Å². The predicted octanol–water partition coefficient (Wildman–Crippen LogP) is 2.93. The lowest BCUT2D eigenvalue weighted by Crippen LogP contribution is -2.16. The Morgan fingerprint density at radius 3 is 2.78 bits per heavy atom. The molecule has 1 aliphatic rings. The number of aromatic nitrogens is 3. The van der Waals surface area contributed by atoms with Crippen molar-refractivity contribution < 1.29 is 0 Å². The number of anilines is 1. The number of pyridine rings is 1. The normalized spacial score (nSPS) is 16.1. The summed E-state index contributed by atoms with van der Waals surface area (Å²) in [6.07, 6.45) is 10.8. The SMILES string of the molecule is Cc1nccn1-c1ncccc1NC1CCCC1. The molecule has 2 aromatic rings. The molecule has 0 saturated heterocycles. The largest absolute Gasteiger partial charge is 0.379 e. The van der Waals surface area contributed by atoms with E-state index in [4.69, 9.17) is 0 Å². The average Bonchev–Trinajstić information content (AvgIpc) is 3.02. The van der Waals surface area contributed by atoms with Crippen molar-refractivity contribution >= 4 is 5.69 Å². The maximum absolute atomic E-state index is 4.48. The van der Waals surface area contributed by atoms with Crippen LogP contribution in [0.25, 0.3) is 5.82 Å². The molecule has 0 aromatic carbocycles. The highest BCUT2D eigenvalue weighted by Gasteiger charge is 2.17. The maximum Gasteiger partial charge on any atom is 0.161 e. The lowest BCUT2D eigenvalue weighted by molar-refractivity contribution is 0.752. The monoisotopic (exact) mass is 242 g/mol. The van der Waals surface area contributed by atoms with Crippen LogP contribution in [-0.4, -0.2) is 20.6 Å². The first-order valence-corrected chi connectivity index (χ1v) is 6.56. The van der Waals surface area contributed by atoms with Crippen LogP contribution in [0.3, 0.4) is 0 Å². The van der Waals surface area contributed by atoms with Gasteiger partial charge in [-0.15, -0.1) is 0 Å². The molecule has 0 amide bonds. The van der Waals surface area contributed by atoms with Gasteiger partial charge in [0, 0.05) is 24.6 Å². The molecule has 3 rings (SSSR count). The van der Waals surface area contributed by atoms with Gasteiger partial charge in [0.05, 0.1) is 5.69 Å². The highest BCUT2D eigenvalue weighted by Crippen LogP contribution is 2.25. The second-order valence-corrected chi connectivity index (χ2v) is 4.84. The first kappa shape index (κ1) is 11.3. The van der Waals surface area contributed by atoms with Gasteiger partial charge in [0.25, 0.3) is 0 Å². The molecular weight excluding hydrogens is 224 g/mol. The zero-order chi connectivity index (χ0) is 12.4. The standard InChI is InChI=1S/C14H18N4/c1-11-15-9-10-18(11)14-13(7-4-8-16-14)17-12-5-2-3-6-12/h4,7-10,12,17H,2-3,5-6H2,1H3. The number of hydrogen-bond donors (Lipinski definition) is 1.